The van der Waals surface area contributed by atoms with Gasteiger partial charge in [-0.25, -0.2) is 0 Å². The minimum absolute atomic E-state index is 0.816. The van der Waals surface area contributed by atoms with E-state index in [1.54, 1.807) is 0 Å². The Morgan fingerprint density at radius 2 is 2.12 bits per heavy atom. The van der Waals surface area contributed by atoms with Crippen LogP contribution in [0.5, 0.6) is 0 Å². The molecule has 2 aliphatic heterocycles. The summed E-state index contributed by atoms with van der Waals surface area (Å²) >= 11 is 3.38. The molecule has 2 aliphatic rings. The highest BCUT2D eigenvalue weighted by molar-refractivity contribution is 9.10. The Kier molecular flexibility index (Phi) is 2.19. The normalized spacial score (nSPS) is 27.6. The number of hydrogen-bond acceptors (Lipinski definition) is 4. The first-order valence-corrected chi connectivity index (χ1v) is 6.09. The summed E-state index contributed by atoms with van der Waals surface area (Å²) in [5.41, 5.74) is 3.64. The Labute approximate surface area is 102 Å². The SMILES string of the molecule is OC1(c2ccc(Br)cc2)NN=C2CCCN21. The van der Waals surface area contributed by atoms with Gasteiger partial charge < -0.3 is 10.0 Å². The van der Waals surface area contributed by atoms with Gasteiger partial charge in [-0.15, -0.1) is 0 Å². The van der Waals surface area contributed by atoms with E-state index in [1.807, 2.05) is 29.2 Å². The predicted molar refractivity (Wildman–Crippen MR) is 64.5 cm³/mol. The second kappa shape index (κ2) is 3.46. The monoisotopic (exact) mass is 281 g/mol. The first-order valence-electron chi connectivity index (χ1n) is 5.30. The molecular formula is C11H12BrN3O. The van der Waals surface area contributed by atoms with Gasteiger partial charge in [-0.2, -0.15) is 5.10 Å². The first-order chi connectivity index (χ1) is 7.70. The van der Waals surface area contributed by atoms with E-state index in [-0.39, 0.29) is 0 Å². The van der Waals surface area contributed by atoms with Crippen LogP contribution in [-0.4, -0.2) is 22.4 Å². The Balaban J connectivity index is 1.97. The largest absolute Gasteiger partial charge is 0.349 e. The molecule has 1 saturated heterocycles. The topological polar surface area (TPSA) is 47.9 Å². The summed E-state index contributed by atoms with van der Waals surface area (Å²) in [7, 11) is 0. The molecule has 1 aromatic rings. The van der Waals surface area contributed by atoms with E-state index in [0.29, 0.717) is 0 Å². The second-order valence-electron chi connectivity index (χ2n) is 4.07. The fourth-order valence-electron chi connectivity index (χ4n) is 2.23. The van der Waals surface area contributed by atoms with Gasteiger partial charge in [0.25, 0.3) is 5.85 Å². The maximum atomic E-state index is 10.6. The van der Waals surface area contributed by atoms with Crippen LogP contribution in [0.1, 0.15) is 18.4 Å². The van der Waals surface area contributed by atoms with Crippen molar-refractivity contribution >= 4 is 21.8 Å². The van der Waals surface area contributed by atoms with Crippen LogP contribution in [0.3, 0.4) is 0 Å². The molecule has 1 atom stereocenters. The van der Waals surface area contributed by atoms with Crippen LogP contribution in [0.15, 0.2) is 33.8 Å². The second-order valence-corrected chi connectivity index (χ2v) is 4.99. The molecule has 1 unspecified atom stereocenters. The lowest BCUT2D eigenvalue weighted by molar-refractivity contribution is -0.0876. The molecule has 16 heavy (non-hydrogen) atoms. The van der Waals surface area contributed by atoms with Gasteiger partial charge in [-0.05, 0) is 18.6 Å². The highest BCUT2D eigenvalue weighted by Crippen LogP contribution is 2.32. The van der Waals surface area contributed by atoms with E-state index >= 15 is 0 Å². The van der Waals surface area contributed by atoms with Gasteiger partial charge in [0.15, 0.2) is 0 Å². The number of aliphatic hydroxyl groups is 1. The van der Waals surface area contributed by atoms with Crippen molar-refractivity contribution < 1.29 is 5.11 Å². The summed E-state index contributed by atoms with van der Waals surface area (Å²) in [6.07, 6.45) is 1.99. The van der Waals surface area contributed by atoms with Crippen molar-refractivity contribution in [2.75, 3.05) is 6.54 Å². The lowest BCUT2D eigenvalue weighted by atomic mass is 10.1. The van der Waals surface area contributed by atoms with Gasteiger partial charge in [0.2, 0.25) is 0 Å². The molecule has 0 spiro atoms. The number of rotatable bonds is 1. The van der Waals surface area contributed by atoms with Gasteiger partial charge >= 0.3 is 0 Å². The smallest absolute Gasteiger partial charge is 0.260 e. The van der Waals surface area contributed by atoms with Crippen molar-refractivity contribution in [2.24, 2.45) is 5.10 Å². The lowest BCUT2D eigenvalue weighted by Gasteiger charge is -2.32. The molecule has 1 fully saturated rings. The standard InChI is InChI=1S/C11H12BrN3O/c12-9-5-3-8(4-6-9)11(16)14-13-10-2-1-7-15(10)11/h3-6,14,16H,1-2,7H2. The Morgan fingerprint density at radius 1 is 1.38 bits per heavy atom. The zero-order valence-corrected chi connectivity index (χ0v) is 10.2. The third-order valence-corrected chi connectivity index (χ3v) is 3.60. The molecule has 2 N–H and O–H groups in total. The molecule has 1 aromatic carbocycles. The number of amidine groups is 1. The zero-order chi connectivity index (χ0) is 11.2. The van der Waals surface area contributed by atoms with E-state index in [1.165, 1.54) is 0 Å². The van der Waals surface area contributed by atoms with E-state index in [9.17, 15) is 5.11 Å². The van der Waals surface area contributed by atoms with Crippen LogP contribution >= 0.6 is 15.9 Å². The van der Waals surface area contributed by atoms with Crippen LogP contribution < -0.4 is 5.43 Å². The molecular weight excluding hydrogens is 270 g/mol. The minimum Gasteiger partial charge on any atom is -0.349 e. The average molecular weight is 282 g/mol. The molecule has 0 aliphatic carbocycles. The number of nitrogens with zero attached hydrogens (tertiary/aromatic N) is 2. The first kappa shape index (κ1) is 10.1. The lowest BCUT2D eigenvalue weighted by Crippen LogP contribution is -2.49. The van der Waals surface area contributed by atoms with Gasteiger partial charge in [0.05, 0.1) is 0 Å². The van der Waals surface area contributed by atoms with Crippen molar-refractivity contribution in [1.29, 1.82) is 0 Å². The van der Waals surface area contributed by atoms with E-state index in [0.717, 1.165) is 35.3 Å². The molecule has 0 radical (unpaired) electrons. The van der Waals surface area contributed by atoms with E-state index in [2.05, 4.69) is 26.5 Å². The third-order valence-electron chi connectivity index (χ3n) is 3.07. The summed E-state index contributed by atoms with van der Waals surface area (Å²) in [4.78, 5) is 1.93. The van der Waals surface area contributed by atoms with Crippen LogP contribution in [0.4, 0.5) is 0 Å². The molecule has 4 nitrogen and oxygen atoms in total. The number of nitrogens with one attached hydrogen (secondary N) is 1. The maximum absolute atomic E-state index is 10.6. The van der Waals surface area contributed by atoms with Crippen molar-refractivity contribution in [1.82, 2.24) is 10.3 Å². The number of benzene rings is 1. The van der Waals surface area contributed by atoms with Crippen LogP contribution in [-0.2, 0) is 5.85 Å². The van der Waals surface area contributed by atoms with Crippen molar-refractivity contribution in [3.05, 3.63) is 34.3 Å². The molecule has 0 saturated carbocycles. The van der Waals surface area contributed by atoms with Crippen molar-refractivity contribution in [2.45, 2.75) is 18.7 Å². The number of hydrogen-bond donors (Lipinski definition) is 2. The molecule has 84 valence electrons. The number of halogens is 1. The van der Waals surface area contributed by atoms with Gasteiger partial charge in [0.1, 0.15) is 5.84 Å². The fraction of sp³-hybridized carbons (Fsp3) is 0.364. The average Bonchev–Trinajstić information content (AvgIpc) is 2.85. The molecule has 3 rings (SSSR count). The number of hydrazone groups is 1. The quantitative estimate of drug-likeness (QED) is 0.822. The van der Waals surface area contributed by atoms with Gasteiger partial charge in [0, 0.05) is 23.0 Å². The third kappa shape index (κ3) is 1.35. The molecule has 0 amide bonds. The predicted octanol–water partition coefficient (Wildman–Crippen LogP) is 1.56. The van der Waals surface area contributed by atoms with E-state index in [4.69, 9.17) is 0 Å². The summed E-state index contributed by atoms with van der Waals surface area (Å²) in [5, 5.41) is 14.8. The Hall–Kier alpha value is -1.07. The molecule has 2 heterocycles. The van der Waals surface area contributed by atoms with Crippen LogP contribution in [0.25, 0.3) is 0 Å². The molecule has 0 aromatic heterocycles. The highest BCUT2D eigenvalue weighted by atomic mass is 79.9. The van der Waals surface area contributed by atoms with E-state index < -0.39 is 5.85 Å². The Morgan fingerprint density at radius 3 is 2.88 bits per heavy atom. The van der Waals surface area contributed by atoms with Crippen molar-refractivity contribution in [3.63, 3.8) is 0 Å². The maximum Gasteiger partial charge on any atom is 0.260 e. The van der Waals surface area contributed by atoms with Gasteiger partial charge in [-0.1, -0.05) is 28.1 Å². The summed E-state index contributed by atoms with van der Waals surface area (Å²) < 4.78 is 1.00. The van der Waals surface area contributed by atoms with Crippen LogP contribution in [0, 0.1) is 0 Å². The molecule has 5 heteroatoms. The number of fused-ring (bicyclic) bond motifs is 1. The zero-order valence-electron chi connectivity index (χ0n) is 8.65. The molecule has 0 bridgehead atoms. The Bertz CT molecular complexity index is 445. The van der Waals surface area contributed by atoms with Gasteiger partial charge in [-0.3, -0.25) is 5.43 Å². The summed E-state index contributed by atoms with van der Waals surface area (Å²) in [6.45, 7) is 0.846. The van der Waals surface area contributed by atoms with Crippen molar-refractivity contribution in [3.8, 4) is 0 Å². The minimum atomic E-state index is -1.16. The van der Waals surface area contributed by atoms with Crippen LogP contribution in [0.2, 0.25) is 0 Å². The summed E-state index contributed by atoms with van der Waals surface area (Å²) in [5.74, 6) is -0.211. The fourth-order valence-corrected chi connectivity index (χ4v) is 2.49. The highest BCUT2D eigenvalue weighted by Gasteiger charge is 2.44. The summed E-state index contributed by atoms with van der Waals surface area (Å²) in [6, 6.07) is 7.63.